The van der Waals surface area contributed by atoms with Crippen LogP contribution in [0.5, 0.6) is 0 Å². The van der Waals surface area contributed by atoms with Gasteiger partial charge in [0, 0.05) is 25.9 Å². The molecule has 0 spiro atoms. The quantitative estimate of drug-likeness (QED) is 0.775. The number of hydrogen-bond acceptors (Lipinski definition) is 4. The van der Waals surface area contributed by atoms with E-state index in [1.165, 1.54) is 0 Å². The fraction of sp³-hybridized carbons (Fsp3) is 0.250. The van der Waals surface area contributed by atoms with Crippen molar-refractivity contribution >= 4 is 35.3 Å². The zero-order valence-electron chi connectivity index (χ0n) is 12.2. The Morgan fingerprint density at radius 2 is 2.00 bits per heavy atom. The van der Waals surface area contributed by atoms with Crippen molar-refractivity contribution in [1.29, 1.82) is 0 Å². The van der Waals surface area contributed by atoms with E-state index in [2.05, 4.69) is 35.1 Å². The fourth-order valence-corrected chi connectivity index (χ4v) is 3.59. The van der Waals surface area contributed by atoms with Gasteiger partial charge in [-0.05, 0) is 30.7 Å². The van der Waals surface area contributed by atoms with Gasteiger partial charge >= 0.3 is 0 Å². The standard InChI is InChI=1S/C16H16ClN3S/c1-16(12-5-7-14(18-10-12)20(2)3)9-8-11-4-6-13(17)19-15(11)21-16/h4-10H,1-3H3. The van der Waals surface area contributed by atoms with Gasteiger partial charge in [-0.25, -0.2) is 9.97 Å². The number of anilines is 1. The lowest BCUT2D eigenvalue weighted by atomic mass is 10.00. The third-order valence-electron chi connectivity index (χ3n) is 3.52. The first-order chi connectivity index (χ1) is 9.98. The van der Waals surface area contributed by atoms with E-state index < -0.39 is 0 Å². The van der Waals surface area contributed by atoms with Crippen LogP contribution in [0.15, 0.2) is 41.6 Å². The minimum absolute atomic E-state index is 0.178. The van der Waals surface area contributed by atoms with E-state index in [0.717, 1.165) is 22.0 Å². The summed E-state index contributed by atoms with van der Waals surface area (Å²) in [5.41, 5.74) is 2.27. The number of aromatic nitrogens is 2. The van der Waals surface area contributed by atoms with Crippen LogP contribution in [0.4, 0.5) is 5.82 Å². The lowest BCUT2D eigenvalue weighted by Crippen LogP contribution is -2.18. The molecule has 0 N–H and O–H groups in total. The minimum atomic E-state index is -0.178. The molecule has 0 fully saturated rings. The van der Waals surface area contributed by atoms with Gasteiger partial charge in [-0.1, -0.05) is 41.6 Å². The van der Waals surface area contributed by atoms with E-state index in [1.54, 1.807) is 11.8 Å². The van der Waals surface area contributed by atoms with Crippen molar-refractivity contribution in [3.8, 4) is 0 Å². The number of fused-ring (bicyclic) bond motifs is 1. The Bertz CT molecular complexity index is 697. The molecular formula is C16H16ClN3S. The zero-order chi connectivity index (χ0) is 15.0. The molecule has 1 unspecified atom stereocenters. The van der Waals surface area contributed by atoms with Gasteiger partial charge in [-0.15, -0.1) is 0 Å². The van der Waals surface area contributed by atoms with Crippen molar-refractivity contribution in [3.05, 3.63) is 52.8 Å². The highest BCUT2D eigenvalue weighted by molar-refractivity contribution is 8.00. The number of pyridine rings is 2. The molecule has 21 heavy (non-hydrogen) atoms. The maximum absolute atomic E-state index is 6.00. The summed E-state index contributed by atoms with van der Waals surface area (Å²) in [5, 5.41) is 1.49. The molecule has 3 heterocycles. The normalized spacial score (nSPS) is 20.2. The van der Waals surface area contributed by atoms with Gasteiger partial charge in [0.2, 0.25) is 0 Å². The van der Waals surface area contributed by atoms with Crippen LogP contribution < -0.4 is 4.90 Å². The number of nitrogens with zero attached hydrogens (tertiary/aromatic N) is 3. The van der Waals surface area contributed by atoms with E-state index in [-0.39, 0.29) is 4.75 Å². The van der Waals surface area contributed by atoms with Gasteiger partial charge in [-0.2, -0.15) is 0 Å². The minimum Gasteiger partial charge on any atom is -0.363 e. The molecule has 2 aromatic rings. The second-order valence-electron chi connectivity index (χ2n) is 5.37. The first kappa shape index (κ1) is 14.4. The molecule has 2 aromatic heterocycles. The molecule has 1 atom stereocenters. The molecule has 108 valence electrons. The first-order valence-corrected chi connectivity index (χ1v) is 7.86. The Kier molecular flexibility index (Phi) is 3.68. The molecule has 0 radical (unpaired) electrons. The topological polar surface area (TPSA) is 29.0 Å². The number of halogens is 1. The highest BCUT2D eigenvalue weighted by Crippen LogP contribution is 2.46. The highest BCUT2D eigenvalue weighted by Gasteiger charge is 2.30. The maximum atomic E-state index is 6.00. The monoisotopic (exact) mass is 317 g/mol. The Morgan fingerprint density at radius 1 is 1.19 bits per heavy atom. The lowest BCUT2D eigenvalue weighted by molar-refractivity contribution is 0.857. The van der Waals surface area contributed by atoms with Gasteiger partial charge in [0.1, 0.15) is 16.0 Å². The van der Waals surface area contributed by atoms with Crippen LogP contribution >= 0.6 is 23.4 Å². The summed E-state index contributed by atoms with van der Waals surface area (Å²) in [6, 6.07) is 7.98. The summed E-state index contributed by atoms with van der Waals surface area (Å²) < 4.78 is -0.178. The number of hydrogen-bond donors (Lipinski definition) is 0. The van der Waals surface area contributed by atoms with E-state index in [1.807, 2.05) is 43.4 Å². The number of thioether (sulfide) groups is 1. The largest absolute Gasteiger partial charge is 0.363 e. The van der Waals surface area contributed by atoms with Gasteiger partial charge in [-0.3, -0.25) is 0 Å². The van der Waals surface area contributed by atoms with Crippen molar-refractivity contribution in [3.63, 3.8) is 0 Å². The molecule has 3 rings (SSSR count). The smallest absolute Gasteiger partial charge is 0.130 e. The Morgan fingerprint density at radius 3 is 2.67 bits per heavy atom. The maximum Gasteiger partial charge on any atom is 0.130 e. The number of rotatable bonds is 2. The van der Waals surface area contributed by atoms with Crippen molar-refractivity contribution in [2.24, 2.45) is 0 Å². The Balaban J connectivity index is 1.95. The van der Waals surface area contributed by atoms with Crippen LogP contribution in [-0.2, 0) is 4.75 Å². The predicted molar refractivity (Wildman–Crippen MR) is 90.1 cm³/mol. The zero-order valence-corrected chi connectivity index (χ0v) is 13.7. The summed E-state index contributed by atoms with van der Waals surface area (Å²) in [6.45, 7) is 2.17. The molecule has 0 aromatic carbocycles. The molecule has 3 nitrogen and oxygen atoms in total. The molecule has 1 aliphatic rings. The van der Waals surface area contributed by atoms with Gasteiger partial charge in [0.15, 0.2) is 0 Å². The van der Waals surface area contributed by atoms with Gasteiger partial charge in [0.05, 0.1) is 4.75 Å². The molecule has 0 bridgehead atoms. The lowest BCUT2D eigenvalue weighted by Gasteiger charge is -2.29. The molecule has 5 heteroatoms. The summed E-state index contributed by atoms with van der Waals surface area (Å²) in [7, 11) is 3.97. The Hall–Kier alpha value is -1.52. The molecule has 0 saturated carbocycles. The summed E-state index contributed by atoms with van der Waals surface area (Å²) >= 11 is 7.71. The van der Waals surface area contributed by atoms with E-state index in [9.17, 15) is 0 Å². The van der Waals surface area contributed by atoms with Crippen LogP contribution in [-0.4, -0.2) is 24.1 Å². The average molecular weight is 318 g/mol. The van der Waals surface area contributed by atoms with E-state index in [4.69, 9.17) is 11.6 Å². The van der Waals surface area contributed by atoms with Crippen LogP contribution in [0.3, 0.4) is 0 Å². The van der Waals surface area contributed by atoms with Gasteiger partial charge < -0.3 is 4.90 Å². The fourth-order valence-electron chi connectivity index (χ4n) is 2.22. The third-order valence-corrected chi connectivity index (χ3v) is 5.05. The van der Waals surface area contributed by atoms with E-state index >= 15 is 0 Å². The van der Waals surface area contributed by atoms with Crippen molar-refractivity contribution in [1.82, 2.24) is 9.97 Å². The van der Waals surface area contributed by atoms with Gasteiger partial charge in [0.25, 0.3) is 0 Å². The van der Waals surface area contributed by atoms with Crippen molar-refractivity contribution < 1.29 is 0 Å². The predicted octanol–water partition coefficient (Wildman–Crippen LogP) is 4.23. The molecular weight excluding hydrogens is 302 g/mol. The first-order valence-electron chi connectivity index (χ1n) is 6.67. The van der Waals surface area contributed by atoms with E-state index in [0.29, 0.717) is 5.15 Å². The summed E-state index contributed by atoms with van der Waals surface area (Å²) in [4.78, 5) is 10.9. The van der Waals surface area contributed by atoms with Crippen LogP contribution in [0, 0.1) is 0 Å². The summed E-state index contributed by atoms with van der Waals surface area (Å²) in [5.74, 6) is 0.953. The molecule has 0 saturated heterocycles. The second-order valence-corrected chi connectivity index (χ2v) is 7.20. The highest BCUT2D eigenvalue weighted by atomic mass is 35.5. The van der Waals surface area contributed by atoms with Crippen LogP contribution in [0.1, 0.15) is 18.1 Å². The van der Waals surface area contributed by atoms with Crippen LogP contribution in [0.2, 0.25) is 5.15 Å². The molecule has 1 aliphatic heterocycles. The van der Waals surface area contributed by atoms with Crippen LogP contribution in [0.25, 0.3) is 6.08 Å². The average Bonchev–Trinajstić information content (AvgIpc) is 2.47. The summed E-state index contributed by atoms with van der Waals surface area (Å²) in [6.07, 6.45) is 6.24. The van der Waals surface area contributed by atoms with Crippen molar-refractivity contribution in [2.75, 3.05) is 19.0 Å². The molecule has 0 aliphatic carbocycles. The molecule has 0 amide bonds. The second kappa shape index (κ2) is 5.35. The Labute approximate surface area is 134 Å². The SMILES string of the molecule is CN(C)c1ccc(C2(C)C=Cc3ccc(Cl)nc3S2)cn1. The third kappa shape index (κ3) is 2.78. The van der Waals surface area contributed by atoms with Crippen molar-refractivity contribution in [2.45, 2.75) is 16.7 Å².